The first-order valence-corrected chi connectivity index (χ1v) is 8.47. The van der Waals surface area contributed by atoms with Gasteiger partial charge >= 0.3 is 0 Å². The summed E-state index contributed by atoms with van der Waals surface area (Å²) < 4.78 is 29.8. The van der Waals surface area contributed by atoms with Crippen LogP contribution in [0, 0.1) is 17.1 Å². The lowest BCUT2D eigenvalue weighted by Gasteiger charge is -2.24. The van der Waals surface area contributed by atoms with Gasteiger partial charge in [0, 0.05) is 5.56 Å². The number of fused-ring (bicyclic) bond motifs is 2. The highest BCUT2D eigenvalue weighted by Crippen LogP contribution is 2.46. The number of aromatic nitrogens is 2. The van der Waals surface area contributed by atoms with Crippen molar-refractivity contribution < 1.29 is 18.6 Å². The van der Waals surface area contributed by atoms with E-state index in [0.717, 1.165) is 5.56 Å². The summed E-state index contributed by atoms with van der Waals surface area (Å²) in [6.07, 6.45) is 0. The second kappa shape index (κ2) is 6.03. The molecule has 3 aromatic rings. The van der Waals surface area contributed by atoms with Gasteiger partial charge in [-0.25, -0.2) is 4.39 Å². The average Bonchev–Trinajstić information content (AvgIpc) is 3.33. The van der Waals surface area contributed by atoms with E-state index in [1.807, 2.05) is 12.1 Å². The van der Waals surface area contributed by atoms with Crippen LogP contribution in [0.15, 0.2) is 53.9 Å². The maximum atomic E-state index is 13.4. The molecule has 5 rings (SSSR count). The van der Waals surface area contributed by atoms with Crippen molar-refractivity contribution in [3.8, 4) is 34.7 Å². The molecule has 2 aliphatic rings. The molecule has 3 N–H and O–H groups in total. The number of hydrogen-bond donors (Lipinski definition) is 2. The van der Waals surface area contributed by atoms with Gasteiger partial charge in [-0.05, 0) is 35.9 Å². The molecule has 7 nitrogen and oxygen atoms in total. The van der Waals surface area contributed by atoms with Gasteiger partial charge in [-0.1, -0.05) is 12.1 Å². The first-order chi connectivity index (χ1) is 13.7. The Kier molecular flexibility index (Phi) is 3.49. The van der Waals surface area contributed by atoms with E-state index >= 15 is 0 Å². The predicted molar refractivity (Wildman–Crippen MR) is 95.8 cm³/mol. The lowest BCUT2D eigenvalue weighted by Crippen LogP contribution is -2.21. The predicted octanol–water partition coefficient (Wildman–Crippen LogP) is 3.16. The van der Waals surface area contributed by atoms with Gasteiger partial charge in [0.15, 0.2) is 11.5 Å². The highest BCUT2D eigenvalue weighted by Gasteiger charge is 2.35. The number of benzene rings is 2. The van der Waals surface area contributed by atoms with Crippen LogP contribution in [0.2, 0.25) is 0 Å². The minimum Gasteiger partial charge on any atom is -0.454 e. The minimum atomic E-state index is -0.548. The lowest BCUT2D eigenvalue weighted by molar-refractivity contribution is 0.174. The third kappa shape index (κ3) is 2.37. The number of nitrogens with one attached hydrogen (secondary N) is 1. The summed E-state index contributed by atoms with van der Waals surface area (Å²) in [5.41, 5.74) is 8.98. The van der Waals surface area contributed by atoms with Gasteiger partial charge in [-0.2, -0.15) is 5.26 Å². The van der Waals surface area contributed by atoms with Crippen molar-refractivity contribution in [2.24, 2.45) is 5.73 Å². The zero-order valence-corrected chi connectivity index (χ0v) is 14.4. The molecule has 28 heavy (non-hydrogen) atoms. The number of allylic oxidation sites excluding steroid dienone is 1. The minimum absolute atomic E-state index is 0.0203. The summed E-state index contributed by atoms with van der Waals surface area (Å²) >= 11 is 0. The first kappa shape index (κ1) is 16.2. The smallest absolute Gasteiger partial charge is 0.244 e. The molecule has 1 atom stereocenters. The van der Waals surface area contributed by atoms with E-state index in [1.165, 1.54) is 12.1 Å². The van der Waals surface area contributed by atoms with Crippen molar-refractivity contribution in [1.82, 2.24) is 10.2 Å². The SMILES string of the molecule is N#CC1=C(N)Oc2n[nH]c(-c3ccc4c(c3)OCO4)c2[C@H]1c1ccc(F)cc1. The summed E-state index contributed by atoms with van der Waals surface area (Å²) in [5, 5.41) is 16.9. The molecule has 0 amide bonds. The standard InChI is InChI=1S/C20H13FN4O3/c21-12-4-1-10(2-5-12)16-13(8-22)19(23)28-20-17(16)18(24-25-20)11-3-6-14-15(7-11)27-9-26-14/h1-7,16H,9,23H2,(H,24,25)/t16-/m0/s1. The van der Waals surface area contributed by atoms with Crippen LogP contribution in [0.4, 0.5) is 4.39 Å². The van der Waals surface area contributed by atoms with Crippen molar-refractivity contribution in [2.75, 3.05) is 6.79 Å². The summed E-state index contributed by atoms with van der Waals surface area (Å²) in [7, 11) is 0. The van der Waals surface area contributed by atoms with Crippen LogP contribution in [-0.2, 0) is 0 Å². The number of hydrogen-bond acceptors (Lipinski definition) is 6. The quantitative estimate of drug-likeness (QED) is 0.712. The van der Waals surface area contributed by atoms with Gasteiger partial charge < -0.3 is 19.9 Å². The number of rotatable bonds is 2. The normalized spacial score (nSPS) is 17.1. The number of ether oxygens (including phenoxy) is 3. The Hall–Kier alpha value is -3.99. The zero-order chi connectivity index (χ0) is 19.3. The van der Waals surface area contributed by atoms with Crippen LogP contribution >= 0.6 is 0 Å². The Morgan fingerprint density at radius 2 is 1.93 bits per heavy atom. The van der Waals surface area contributed by atoms with E-state index in [0.29, 0.717) is 28.3 Å². The highest BCUT2D eigenvalue weighted by molar-refractivity contribution is 5.73. The monoisotopic (exact) mass is 376 g/mol. The fourth-order valence-electron chi connectivity index (χ4n) is 3.51. The number of aromatic amines is 1. The topological polar surface area (TPSA) is 106 Å². The van der Waals surface area contributed by atoms with E-state index < -0.39 is 5.92 Å². The fraction of sp³-hybridized carbons (Fsp3) is 0.100. The number of nitrogens with zero attached hydrogens (tertiary/aromatic N) is 2. The Morgan fingerprint density at radius 1 is 1.14 bits per heavy atom. The van der Waals surface area contributed by atoms with E-state index in [-0.39, 0.29) is 29.9 Å². The van der Waals surface area contributed by atoms with Gasteiger partial charge in [-0.15, -0.1) is 5.10 Å². The number of nitrogens with two attached hydrogens (primary N) is 1. The largest absolute Gasteiger partial charge is 0.454 e. The molecule has 2 aliphatic heterocycles. The molecule has 1 aromatic heterocycles. The van der Waals surface area contributed by atoms with E-state index in [1.54, 1.807) is 18.2 Å². The van der Waals surface area contributed by atoms with Crippen LogP contribution in [0.1, 0.15) is 17.0 Å². The second-order valence-corrected chi connectivity index (χ2v) is 6.36. The second-order valence-electron chi connectivity index (χ2n) is 6.36. The van der Waals surface area contributed by atoms with Crippen LogP contribution in [-0.4, -0.2) is 17.0 Å². The third-order valence-corrected chi connectivity index (χ3v) is 4.80. The third-order valence-electron chi connectivity index (χ3n) is 4.80. The molecule has 0 fully saturated rings. The molecule has 138 valence electrons. The van der Waals surface area contributed by atoms with Gasteiger partial charge in [0.2, 0.25) is 18.6 Å². The van der Waals surface area contributed by atoms with Crippen molar-refractivity contribution >= 4 is 0 Å². The molecule has 8 heteroatoms. The van der Waals surface area contributed by atoms with Gasteiger partial charge in [0.25, 0.3) is 0 Å². The Balaban J connectivity index is 1.70. The van der Waals surface area contributed by atoms with Crippen molar-refractivity contribution in [3.05, 3.63) is 70.9 Å². The molecule has 0 aliphatic carbocycles. The number of halogens is 1. The fourth-order valence-corrected chi connectivity index (χ4v) is 3.51. The van der Waals surface area contributed by atoms with Crippen LogP contribution in [0.25, 0.3) is 11.3 Å². The molecule has 0 unspecified atom stereocenters. The summed E-state index contributed by atoms with van der Waals surface area (Å²) in [5.74, 6) is 0.617. The molecule has 0 radical (unpaired) electrons. The molecular weight excluding hydrogens is 363 g/mol. The molecule has 0 spiro atoms. The summed E-state index contributed by atoms with van der Waals surface area (Å²) in [6.45, 7) is 0.166. The van der Waals surface area contributed by atoms with Crippen molar-refractivity contribution in [2.45, 2.75) is 5.92 Å². The van der Waals surface area contributed by atoms with Gasteiger partial charge in [0.05, 0.1) is 17.2 Å². The molecule has 0 saturated heterocycles. The number of nitriles is 1. The first-order valence-electron chi connectivity index (χ1n) is 8.47. The van der Waals surface area contributed by atoms with Crippen molar-refractivity contribution in [3.63, 3.8) is 0 Å². The van der Waals surface area contributed by atoms with E-state index in [9.17, 15) is 9.65 Å². The van der Waals surface area contributed by atoms with Crippen LogP contribution in [0.5, 0.6) is 17.4 Å². The van der Waals surface area contributed by atoms with Crippen LogP contribution in [0.3, 0.4) is 0 Å². The van der Waals surface area contributed by atoms with Crippen LogP contribution < -0.4 is 19.9 Å². The summed E-state index contributed by atoms with van der Waals surface area (Å²) in [4.78, 5) is 0. The lowest BCUT2D eigenvalue weighted by atomic mass is 9.83. The average molecular weight is 376 g/mol. The zero-order valence-electron chi connectivity index (χ0n) is 14.4. The Bertz CT molecular complexity index is 1160. The maximum absolute atomic E-state index is 13.4. The highest BCUT2D eigenvalue weighted by atomic mass is 19.1. The molecule has 2 aromatic carbocycles. The molecular formula is C20H13FN4O3. The van der Waals surface area contributed by atoms with Gasteiger partial charge in [0.1, 0.15) is 17.5 Å². The summed E-state index contributed by atoms with van der Waals surface area (Å²) in [6, 6.07) is 13.5. The molecule has 0 saturated carbocycles. The maximum Gasteiger partial charge on any atom is 0.244 e. The Morgan fingerprint density at radius 3 is 2.71 bits per heavy atom. The molecule has 3 heterocycles. The van der Waals surface area contributed by atoms with Gasteiger partial charge in [-0.3, -0.25) is 5.10 Å². The Labute approximate surface area is 158 Å². The number of H-pyrrole nitrogens is 1. The van der Waals surface area contributed by atoms with E-state index in [4.69, 9.17) is 19.9 Å². The van der Waals surface area contributed by atoms with Crippen molar-refractivity contribution in [1.29, 1.82) is 5.26 Å². The molecule has 0 bridgehead atoms. The van der Waals surface area contributed by atoms with E-state index in [2.05, 4.69) is 16.3 Å².